The Bertz CT molecular complexity index is 281. The summed E-state index contributed by atoms with van der Waals surface area (Å²) in [6.45, 7) is 5.34. The number of rotatable bonds is 2. The van der Waals surface area contributed by atoms with E-state index < -0.39 is 11.5 Å². The van der Waals surface area contributed by atoms with Gasteiger partial charge in [-0.2, -0.15) is 5.26 Å². The number of carbonyl (C=O) groups excluding carboxylic acids is 1. The molecule has 0 aromatic rings. The molecule has 1 fully saturated rings. The predicted octanol–water partition coefficient (Wildman–Crippen LogP) is 1.80. The van der Waals surface area contributed by atoms with Gasteiger partial charge in [-0.15, -0.1) is 0 Å². The van der Waals surface area contributed by atoms with Gasteiger partial charge < -0.3 is 10.2 Å². The van der Waals surface area contributed by atoms with Crippen LogP contribution in [0.4, 0.5) is 0 Å². The van der Waals surface area contributed by atoms with Crippen LogP contribution in [0.3, 0.4) is 0 Å². The molecule has 2 unspecified atom stereocenters. The molecule has 0 amide bonds. The number of Topliss-reactive ketones (excluding diaryl/α,β-unsaturated/α-hetero) is 1. The average Bonchev–Trinajstić information content (AvgIpc) is 2.28. The minimum Gasteiger partial charge on any atom is -0.393 e. The summed E-state index contributed by atoms with van der Waals surface area (Å²) >= 11 is 0. The third-order valence-electron chi connectivity index (χ3n) is 2.96. The summed E-state index contributed by atoms with van der Waals surface area (Å²) in [5.74, 6) is 0.212. The number of hydrogen-bond acceptors (Lipinski definition) is 4. The number of nitriles is 1. The predicted molar refractivity (Wildman–Crippen MR) is 65.2 cm³/mol. The van der Waals surface area contributed by atoms with Crippen LogP contribution in [-0.4, -0.2) is 28.2 Å². The fraction of sp³-hybridized carbons (Fsp3) is 0.846. The van der Waals surface area contributed by atoms with Crippen molar-refractivity contribution in [3.63, 3.8) is 0 Å². The van der Waals surface area contributed by atoms with Crippen LogP contribution in [0.2, 0.25) is 0 Å². The van der Waals surface area contributed by atoms with Gasteiger partial charge in [0.15, 0.2) is 0 Å². The Morgan fingerprint density at radius 3 is 2.41 bits per heavy atom. The molecule has 0 aromatic heterocycles. The van der Waals surface area contributed by atoms with Gasteiger partial charge in [0.25, 0.3) is 0 Å². The van der Waals surface area contributed by atoms with Crippen molar-refractivity contribution in [1.82, 2.24) is 0 Å². The first-order valence-corrected chi connectivity index (χ1v) is 6.12. The van der Waals surface area contributed by atoms with Gasteiger partial charge >= 0.3 is 0 Å². The van der Waals surface area contributed by atoms with E-state index >= 15 is 0 Å². The first kappa shape index (κ1) is 16.1. The first-order chi connectivity index (χ1) is 7.83. The summed E-state index contributed by atoms with van der Waals surface area (Å²) in [6.07, 6.45) is 2.56. The van der Waals surface area contributed by atoms with E-state index in [1.54, 1.807) is 13.8 Å². The molecule has 0 radical (unpaired) electrons. The van der Waals surface area contributed by atoms with E-state index in [0.717, 1.165) is 12.8 Å². The molecule has 0 aliphatic heterocycles. The fourth-order valence-electron chi connectivity index (χ4n) is 1.59. The highest BCUT2D eigenvalue weighted by Crippen LogP contribution is 2.20. The first-order valence-electron chi connectivity index (χ1n) is 6.12. The van der Waals surface area contributed by atoms with E-state index in [1.807, 2.05) is 13.0 Å². The summed E-state index contributed by atoms with van der Waals surface area (Å²) < 4.78 is 0. The fourth-order valence-corrected chi connectivity index (χ4v) is 1.59. The van der Waals surface area contributed by atoms with Crippen LogP contribution in [0.15, 0.2) is 0 Å². The van der Waals surface area contributed by atoms with E-state index in [1.165, 1.54) is 0 Å². The van der Waals surface area contributed by atoms with Crippen molar-refractivity contribution in [2.24, 2.45) is 5.41 Å². The maximum atomic E-state index is 10.5. The Hall–Kier alpha value is -0.920. The molecule has 0 spiro atoms. The molecule has 17 heavy (non-hydrogen) atoms. The molecule has 1 rings (SSSR count). The minimum absolute atomic E-state index is 0.212. The van der Waals surface area contributed by atoms with Crippen LogP contribution < -0.4 is 0 Å². The Morgan fingerprint density at radius 1 is 1.59 bits per heavy atom. The number of ketones is 1. The molecule has 0 saturated heterocycles. The van der Waals surface area contributed by atoms with E-state index in [2.05, 4.69) is 0 Å². The van der Waals surface area contributed by atoms with Gasteiger partial charge in [-0.1, -0.05) is 6.92 Å². The zero-order valence-electron chi connectivity index (χ0n) is 10.9. The Kier molecular flexibility index (Phi) is 7.01. The van der Waals surface area contributed by atoms with Crippen LogP contribution in [0.25, 0.3) is 0 Å². The Morgan fingerprint density at radius 2 is 2.18 bits per heavy atom. The number of aliphatic hydroxyl groups is 2. The summed E-state index contributed by atoms with van der Waals surface area (Å²) in [4.78, 5) is 10.5. The summed E-state index contributed by atoms with van der Waals surface area (Å²) in [5.41, 5.74) is -0.589. The smallest absolute Gasteiger partial charge is 0.135 e. The molecule has 0 aromatic carbocycles. The van der Waals surface area contributed by atoms with Crippen LogP contribution in [0, 0.1) is 16.7 Å². The van der Waals surface area contributed by atoms with Gasteiger partial charge in [0.05, 0.1) is 23.7 Å². The largest absolute Gasteiger partial charge is 0.393 e. The second kappa shape index (κ2) is 7.41. The Balaban J connectivity index is 0.000000302. The van der Waals surface area contributed by atoms with Crippen molar-refractivity contribution >= 4 is 5.78 Å². The van der Waals surface area contributed by atoms with E-state index in [0.29, 0.717) is 19.3 Å². The second-order valence-corrected chi connectivity index (χ2v) is 5.05. The number of carbonyl (C=O) groups is 1. The molecular weight excluding hydrogens is 218 g/mol. The van der Waals surface area contributed by atoms with Crippen molar-refractivity contribution < 1.29 is 15.0 Å². The van der Waals surface area contributed by atoms with E-state index in [9.17, 15) is 4.79 Å². The van der Waals surface area contributed by atoms with Gasteiger partial charge in [0.1, 0.15) is 5.78 Å². The highest BCUT2D eigenvalue weighted by atomic mass is 16.3. The van der Waals surface area contributed by atoms with Gasteiger partial charge in [0, 0.05) is 12.8 Å². The van der Waals surface area contributed by atoms with Crippen LogP contribution in [0.5, 0.6) is 0 Å². The Labute approximate surface area is 103 Å². The summed E-state index contributed by atoms with van der Waals surface area (Å²) in [6, 6.07) is 2.04. The van der Waals surface area contributed by atoms with Gasteiger partial charge in [-0.25, -0.2) is 0 Å². The molecule has 0 bridgehead atoms. The minimum atomic E-state index is -0.589. The van der Waals surface area contributed by atoms with Crippen molar-refractivity contribution in [1.29, 1.82) is 5.26 Å². The zero-order chi connectivity index (χ0) is 13.5. The second-order valence-electron chi connectivity index (χ2n) is 5.05. The summed E-state index contributed by atoms with van der Waals surface area (Å²) in [5, 5.41) is 26.5. The molecule has 4 nitrogen and oxygen atoms in total. The molecule has 2 atom stereocenters. The summed E-state index contributed by atoms with van der Waals surface area (Å²) in [7, 11) is 0. The molecule has 98 valence electrons. The lowest BCUT2D eigenvalue weighted by atomic mass is 9.87. The van der Waals surface area contributed by atoms with Gasteiger partial charge in [0.2, 0.25) is 0 Å². The lowest BCUT2D eigenvalue weighted by Crippen LogP contribution is -2.26. The third kappa shape index (κ3) is 6.40. The number of aliphatic hydroxyl groups excluding tert-OH is 2. The van der Waals surface area contributed by atoms with Gasteiger partial charge in [-0.3, -0.25) is 4.79 Å². The van der Waals surface area contributed by atoms with Crippen molar-refractivity contribution in [3.05, 3.63) is 0 Å². The lowest BCUT2D eigenvalue weighted by Gasteiger charge is -2.20. The topological polar surface area (TPSA) is 81.3 Å². The highest BCUT2D eigenvalue weighted by molar-refractivity contribution is 5.79. The van der Waals surface area contributed by atoms with Crippen molar-refractivity contribution in [2.45, 2.75) is 65.1 Å². The molecule has 4 heteroatoms. The van der Waals surface area contributed by atoms with E-state index in [4.69, 9.17) is 15.5 Å². The molecule has 1 saturated carbocycles. The standard InChI is InChI=1S/C7H13NO.C6H10O2/c1-4-6(9)7(2,3)5-8;7-5-2-1-3-6(8)4-5/h6,9H,4H2,1-3H3;5,7H,1-4H2. The zero-order valence-corrected chi connectivity index (χ0v) is 10.9. The maximum Gasteiger partial charge on any atom is 0.135 e. The van der Waals surface area contributed by atoms with E-state index in [-0.39, 0.29) is 11.9 Å². The molecule has 0 heterocycles. The molecule has 1 aliphatic carbocycles. The van der Waals surface area contributed by atoms with Crippen molar-refractivity contribution in [2.75, 3.05) is 0 Å². The molecule has 2 N–H and O–H groups in total. The van der Waals surface area contributed by atoms with Crippen LogP contribution in [-0.2, 0) is 4.79 Å². The molecule has 1 aliphatic rings. The van der Waals surface area contributed by atoms with Crippen LogP contribution in [0.1, 0.15) is 52.9 Å². The van der Waals surface area contributed by atoms with Crippen LogP contribution >= 0.6 is 0 Å². The number of nitrogens with zero attached hydrogens (tertiary/aromatic N) is 1. The lowest BCUT2D eigenvalue weighted by molar-refractivity contribution is -0.122. The number of hydrogen-bond donors (Lipinski definition) is 2. The third-order valence-corrected chi connectivity index (χ3v) is 2.96. The maximum absolute atomic E-state index is 10.5. The monoisotopic (exact) mass is 241 g/mol. The normalized spacial score (nSPS) is 22.1. The van der Waals surface area contributed by atoms with Gasteiger partial charge in [-0.05, 0) is 33.1 Å². The quantitative estimate of drug-likeness (QED) is 0.772. The SMILES string of the molecule is CCC(O)C(C)(C)C#N.O=C1CCCC(O)C1. The molecular formula is C13H23NO3. The average molecular weight is 241 g/mol. The highest BCUT2D eigenvalue weighted by Gasteiger charge is 2.25. The van der Waals surface area contributed by atoms with Crippen molar-refractivity contribution in [3.8, 4) is 6.07 Å².